The lowest BCUT2D eigenvalue weighted by Crippen LogP contribution is -2.48. The Labute approximate surface area is 168 Å². The minimum atomic E-state index is -0.214. The number of likely N-dealkylation sites (tertiary alicyclic amines) is 2. The average Bonchev–Trinajstić information content (AvgIpc) is 2.57. The summed E-state index contributed by atoms with van der Waals surface area (Å²) in [6, 6.07) is 0.287. The van der Waals surface area contributed by atoms with E-state index in [0.29, 0.717) is 25.7 Å². The van der Waals surface area contributed by atoms with Crippen LogP contribution in [0.1, 0.15) is 39.5 Å². The van der Waals surface area contributed by atoms with Crippen molar-refractivity contribution in [3.63, 3.8) is 0 Å². The summed E-state index contributed by atoms with van der Waals surface area (Å²) in [6.45, 7) is 10.1. The van der Waals surface area contributed by atoms with Crippen molar-refractivity contribution in [2.24, 2.45) is 16.6 Å². The van der Waals surface area contributed by atoms with Crippen molar-refractivity contribution in [3.8, 4) is 0 Å². The van der Waals surface area contributed by atoms with Crippen LogP contribution in [0.4, 0.5) is 4.79 Å². The van der Waals surface area contributed by atoms with Crippen LogP contribution in [0.25, 0.3) is 0 Å². The van der Waals surface area contributed by atoms with Gasteiger partial charge in [-0.3, -0.25) is 4.99 Å². The number of nitrogens with two attached hydrogens (primary N) is 1. The van der Waals surface area contributed by atoms with E-state index in [1.165, 1.54) is 25.9 Å². The molecule has 0 aromatic carbocycles. The van der Waals surface area contributed by atoms with Crippen molar-refractivity contribution in [2.75, 3.05) is 45.9 Å². The molecule has 0 aromatic heterocycles. The van der Waals surface area contributed by atoms with Gasteiger partial charge in [-0.25, -0.2) is 4.79 Å². The number of amides is 1. The van der Waals surface area contributed by atoms with Crippen molar-refractivity contribution in [1.82, 2.24) is 15.1 Å². The van der Waals surface area contributed by atoms with Crippen LogP contribution in [0, 0.1) is 5.92 Å². The Morgan fingerprint density at radius 3 is 2.44 bits per heavy atom. The van der Waals surface area contributed by atoms with Gasteiger partial charge in [0.25, 0.3) is 0 Å². The lowest BCUT2D eigenvalue weighted by atomic mass is 9.99. The van der Waals surface area contributed by atoms with Crippen LogP contribution in [0.5, 0.6) is 0 Å². The number of guanidine groups is 1. The number of nitrogens with zero attached hydrogens (tertiary/aromatic N) is 3. The highest BCUT2D eigenvalue weighted by molar-refractivity contribution is 14.0. The molecule has 0 atom stereocenters. The highest BCUT2D eigenvalue weighted by atomic mass is 127. The van der Waals surface area contributed by atoms with Crippen LogP contribution < -0.4 is 11.1 Å². The SMILES string of the molecule is CCOC(=O)N1CCC(NC(N)=NCCN2CCC(C)CC2)CC1.I. The zero-order chi connectivity index (χ0) is 17.4. The monoisotopic (exact) mass is 467 g/mol. The third-order valence-electron chi connectivity index (χ3n) is 4.95. The Morgan fingerprint density at radius 2 is 1.84 bits per heavy atom. The summed E-state index contributed by atoms with van der Waals surface area (Å²) in [6.07, 6.45) is 4.11. The first-order chi connectivity index (χ1) is 11.6. The molecule has 0 aromatic rings. The lowest BCUT2D eigenvalue weighted by Gasteiger charge is -2.32. The summed E-state index contributed by atoms with van der Waals surface area (Å²) in [4.78, 5) is 20.3. The standard InChI is InChI=1S/C17H33N5O2.HI/c1-3-24-17(23)22-11-6-15(7-12-22)20-16(18)19-8-13-21-9-4-14(2)5-10-21;/h14-15H,3-13H2,1-2H3,(H3,18,19,20);1H. The molecule has 8 heteroatoms. The van der Waals surface area contributed by atoms with Crippen molar-refractivity contribution in [2.45, 2.75) is 45.6 Å². The van der Waals surface area contributed by atoms with Crippen LogP contribution in [0.2, 0.25) is 0 Å². The Balaban J connectivity index is 0.00000312. The van der Waals surface area contributed by atoms with Gasteiger partial charge in [0.2, 0.25) is 0 Å². The molecular formula is C17H34IN5O2. The first-order valence-corrected chi connectivity index (χ1v) is 9.29. The number of rotatable bonds is 5. The van der Waals surface area contributed by atoms with E-state index in [1.54, 1.807) is 4.90 Å². The fourth-order valence-electron chi connectivity index (χ4n) is 3.27. The first-order valence-electron chi connectivity index (χ1n) is 9.29. The molecular weight excluding hydrogens is 433 g/mol. The molecule has 2 saturated heterocycles. The Bertz CT molecular complexity index is 419. The summed E-state index contributed by atoms with van der Waals surface area (Å²) < 4.78 is 5.03. The average molecular weight is 467 g/mol. The van der Waals surface area contributed by atoms with E-state index in [-0.39, 0.29) is 36.1 Å². The van der Waals surface area contributed by atoms with Gasteiger partial charge in [0.05, 0.1) is 13.2 Å². The summed E-state index contributed by atoms with van der Waals surface area (Å²) >= 11 is 0. The second-order valence-corrected chi connectivity index (χ2v) is 6.90. The number of piperidine rings is 2. The molecule has 0 aliphatic carbocycles. The van der Waals surface area contributed by atoms with E-state index in [2.05, 4.69) is 22.1 Å². The van der Waals surface area contributed by atoms with Crippen LogP contribution in [-0.4, -0.2) is 73.8 Å². The molecule has 2 aliphatic rings. The number of hydrogen-bond acceptors (Lipinski definition) is 4. The molecule has 0 unspecified atom stereocenters. The quantitative estimate of drug-likeness (QED) is 0.367. The molecule has 146 valence electrons. The van der Waals surface area contributed by atoms with E-state index in [9.17, 15) is 4.79 Å². The fourth-order valence-corrected chi connectivity index (χ4v) is 3.27. The molecule has 2 aliphatic heterocycles. The minimum absolute atomic E-state index is 0. The smallest absolute Gasteiger partial charge is 0.409 e. The van der Waals surface area contributed by atoms with Crippen LogP contribution >= 0.6 is 24.0 Å². The van der Waals surface area contributed by atoms with Crippen LogP contribution in [0.15, 0.2) is 4.99 Å². The molecule has 25 heavy (non-hydrogen) atoms. The van der Waals surface area contributed by atoms with E-state index >= 15 is 0 Å². The molecule has 0 saturated carbocycles. The predicted molar refractivity (Wildman–Crippen MR) is 111 cm³/mol. The van der Waals surface area contributed by atoms with Gasteiger partial charge >= 0.3 is 6.09 Å². The maximum atomic E-state index is 11.7. The number of ether oxygens (including phenoxy) is 1. The maximum absolute atomic E-state index is 11.7. The Morgan fingerprint density at radius 1 is 1.20 bits per heavy atom. The summed E-state index contributed by atoms with van der Waals surface area (Å²) in [5, 5.41) is 3.29. The van der Waals surface area contributed by atoms with E-state index in [1.807, 2.05) is 6.92 Å². The lowest BCUT2D eigenvalue weighted by molar-refractivity contribution is 0.0963. The fraction of sp³-hybridized carbons (Fsp3) is 0.882. The molecule has 0 bridgehead atoms. The zero-order valence-electron chi connectivity index (χ0n) is 15.6. The van der Waals surface area contributed by atoms with Gasteiger partial charge in [0, 0.05) is 25.7 Å². The second kappa shape index (κ2) is 11.8. The topological polar surface area (TPSA) is 83.2 Å². The normalized spacial score (nSPS) is 20.9. The summed E-state index contributed by atoms with van der Waals surface area (Å²) in [5.41, 5.74) is 6.00. The molecule has 0 spiro atoms. The number of halogens is 1. The molecule has 2 rings (SSSR count). The maximum Gasteiger partial charge on any atom is 0.409 e. The van der Waals surface area contributed by atoms with Crippen molar-refractivity contribution >= 4 is 36.0 Å². The first kappa shape index (κ1) is 22.3. The van der Waals surface area contributed by atoms with Gasteiger partial charge in [0.1, 0.15) is 0 Å². The van der Waals surface area contributed by atoms with Crippen molar-refractivity contribution in [1.29, 1.82) is 0 Å². The van der Waals surface area contributed by atoms with Crippen LogP contribution in [0.3, 0.4) is 0 Å². The summed E-state index contributed by atoms with van der Waals surface area (Å²) in [7, 11) is 0. The molecule has 7 nitrogen and oxygen atoms in total. The molecule has 2 heterocycles. The van der Waals surface area contributed by atoms with Gasteiger partial charge in [-0.05, 0) is 51.6 Å². The third kappa shape index (κ3) is 7.98. The number of carbonyl (C=O) groups excluding carboxylic acids is 1. The third-order valence-corrected chi connectivity index (χ3v) is 4.95. The van der Waals surface area contributed by atoms with Crippen LogP contribution in [-0.2, 0) is 4.74 Å². The van der Waals surface area contributed by atoms with Crippen molar-refractivity contribution < 1.29 is 9.53 Å². The van der Waals surface area contributed by atoms with Gasteiger partial charge < -0.3 is 25.6 Å². The van der Waals surface area contributed by atoms with E-state index in [4.69, 9.17) is 10.5 Å². The highest BCUT2D eigenvalue weighted by Gasteiger charge is 2.23. The molecule has 3 N–H and O–H groups in total. The number of aliphatic imine (C=N–C) groups is 1. The largest absolute Gasteiger partial charge is 0.450 e. The second-order valence-electron chi connectivity index (χ2n) is 6.90. The minimum Gasteiger partial charge on any atom is -0.450 e. The molecule has 0 radical (unpaired) electrons. The molecule has 2 fully saturated rings. The number of nitrogens with one attached hydrogen (secondary N) is 1. The van der Waals surface area contributed by atoms with E-state index < -0.39 is 0 Å². The Hall–Kier alpha value is -0.770. The summed E-state index contributed by atoms with van der Waals surface area (Å²) in [5.74, 6) is 1.38. The van der Waals surface area contributed by atoms with Gasteiger partial charge in [0.15, 0.2) is 5.96 Å². The Kier molecular flexibility index (Phi) is 10.5. The van der Waals surface area contributed by atoms with Gasteiger partial charge in [-0.15, -0.1) is 24.0 Å². The number of carbonyl (C=O) groups is 1. The zero-order valence-corrected chi connectivity index (χ0v) is 17.9. The predicted octanol–water partition coefficient (Wildman–Crippen LogP) is 1.86. The highest BCUT2D eigenvalue weighted by Crippen LogP contribution is 2.15. The van der Waals surface area contributed by atoms with Gasteiger partial charge in [-0.1, -0.05) is 6.92 Å². The number of hydrogen-bond donors (Lipinski definition) is 2. The van der Waals surface area contributed by atoms with Crippen molar-refractivity contribution in [3.05, 3.63) is 0 Å². The van der Waals surface area contributed by atoms with E-state index in [0.717, 1.165) is 31.8 Å². The van der Waals surface area contributed by atoms with Gasteiger partial charge in [-0.2, -0.15) is 0 Å². The molecule has 1 amide bonds.